The molecule has 16 heavy (non-hydrogen) atoms. The largest absolute Gasteiger partial charge is 0.474 e. The highest BCUT2D eigenvalue weighted by molar-refractivity contribution is 5.36. The van der Waals surface area contributed by atoms with E-state index in [4.69, 9.17) is 15.6 Å². The van der Waals surface area contributed by atoms with E-state index in [1.165, 1.54) is 0 Å². The van der Waals surface area contributed by atoms with E-state index < -0.39 is 0 Å². The molecule has 0 aliphatic heterocycles. The molecule has 0 amide bonds. The summed E-state index contributed by atoms with van der Waals surface area (Å²) in [7, 11) is 0. The van der Waals surface area contributed by atoms with Gasteiger partial charge in [-0.25, -0.2) is 0 Å². The van der Waals surface area contributed by atoms with E-state index in [1.807, 2.05) is 6.92 Å². The average Bonchev–Trinajstić information content (AvgIpc) is 2.34. The number of aliphatic hydroxyl groups is 1. The van der Waals surface area contributed by atoms with Gasteiger partial charge in [-0.05, 0) is 18.4 Å². The fraction of sp³-hybridized carbons (Fsp3) is 0.636. The van der Waals surface area contributed by atoms with Gasteiger partial charge in [0.05, 0.1) is 12.3 Å². The summed E-state index contributed by atoms with van der Waals surface area (Å²) in [4.78, 5) is 0. The molecule has 0 bridgehead atoms. The first-order valence-electron chi connectivity index (χ1n) is 5.59. The van der Waals surface area contributed by atoms with Gasteiger partial charge in [0.2, 0.25) is 5.88 Å². The number of hydrogen-bond donors (Lipinski definition) is 2. The van der Waals surface area contributed by atoms with E-state index in [2.05, 4.69) is 17.1 Å². The molecular formula is C11H19N3O2. The summed E-state index contributed by atoms with van der Waals surface area (Å²) in [6.45, 7) is 4.66. The summed E-state index contributed by atoms with van der Waals surface area (Å²) in [6, 6.07) is 0. The zero-order valence-corrected chi connectivity index (χ0v) is 9.86. The van der Waals surface area contributed by atoms with Gasteiger partial charge < -0.3 is 15.6 Å². The van der Waals surface area contributed by atoms with Crippen molar-refractivity contribution in [1.29, 1.82) is 0 Å². The third-order valence-corrected chi connectivity index (χ3v) is 2.45. The number of nitrogens with zero attached hydrogens (tertiary/aromatic N) is 2. The molecule has 5 nitrogen and oxygen atoms in total. The van der Waals surface area contributed by atoms with Crippen LogP contribution in [0.1, 0.15) is 30.7 Å². The Balaban J connectivity index is 3.10. The maximum Gasteiger partial charge on any atom is 0.238 e. The van der Waals surface area contributed by atoms with Crippen molar-refractivity contribution in [2.45, 2.75) is 33.2 Å². The molecule has 0 unspecified atom stereocenters. The molecular weight excluding hydrogens is 206 g/mol. The number of hydrogen-bond acceptors (Lipinski definition) is 5. The Bertz CT molecular complexity index is 342. The van der Waals surface area contributed by atoms with Crippen molar-refractivity contribution in [3.8, 4) is 5.88 Å². The molecule has 0 fully saturated rings. The van der Waals surface area contributed by atoms with Crippen molar-refractivity contribution in [2.24, 2.45) is 5.73 Å². The second-order valence-electron chi connectivity index (χ2n) is 3.39. The van der Waals surface area contributed by atoms with E-state index in [1.54, 1.807) is 0 Å². The van der Waals surface area contributed by atoms with Gasteiger partial charge in [-0.3, -0.25) is 0 Å². The molecule has 0 spiro atoms. The van der Waals surface area contributed by atoms with Crippen molar-refractivity contribution < 1.29 is 9.84 Å². The smallest absolute Gasteiger partial charge is 0.238 e. The fourth-order valence-electron chi connectivity index (χ4n) is 1.70. The highest BCUT2D eigenvalue weighted by atomic mass is 16.5. The lowest BCUT2D eigenvalue weighted by molar-refractivity contribution is 0.194. The first-order chi connectivity index (χ1) is 7.78. The van der Waals surface area contributed by atoms with Crippen LogP contribution in [0.25, 0.3) is 0 Å². The molecule has 0 aliphatic carbocycles. The molecule has 0 aliphatic rings. The maximum atomic E-state index is 8.71. The number of nitrogens with two attached hydrogens (primary N) is 1. The number of aryl methyl sites for hydroxylation is 1. The minimum absolute atomic E-state index is 0.0390. The lowest BCUT2D eigenvalue weighted by Gasteiger charge is -2.13. The molecule has 1 aromatic rings. The van der Waals surface area contributed by atoms with E-state index >= 15 is 0 Å². The number of aromatic nitrogens is 2. The SMILES string of the molecule is CCc1nnc(OCCO)c(CN)c1CC. The van der Waals surface area contributed by atoms with E-state index in [-0.39, 0.29) is 13.2 Å². The zero-order chi connectivity index (χ0) is 12.0. The molecule has 0 saturated carbocycles. The van der Waals surface area contributed by atoms with Gasteiger partial charge in [-0.1, -0.05) is 13.8 Å². The van der Waals surface area contributed by atoms with Crippen LogP contribution in [0.5, 0.6) is 5.88 Å². The van der Waals surface area contributed by atoms with Crippen molar-refractivity contribution >= 4 is 0 Å². The molecule has 0 aromatic carbocycles. The number of rotatable bonds is 6. The average molecular weight is 225 g/mol. The van der Waals surface area contributed by atoms with Crippen LogP contribution >= 0.6 is 0 Å². The van der Waals surface area contributed by atoms with Crippen LogP contribution in [0, 0.1) is 0 Å². The quantitative estimate of drug-likeness (QED) is 0.733. The summed E-state index contributed by atoms with van der Waals surface area (Å²) < 4.78 is 5.32. The predicted molar refractivity (Wildman–Crippen MR) is 61.3 cm³/mol. The number of ether oxygens (including phenoxy) is 1. The molecule has 1 aromatic heterocycles. The molecule has 1 heterocycles. The molecule has 0 saturated heterocycles. The minimum atomic E-state index is -0.0390. The molecule has 1 rings (SSSR count). The van der Waals surface area contributed by atoms with Gasteiger partial charge in [-0.15, -0.1) is 5.10 Å². The van der Waals surface area contributed by atoms with Crippen LogP contribution in [-0.4, -0.2) is 28.5 Å². The maximum absolute atomic E-state index is 8.71. The third kappa shape index (κ3) is 2.68. The first kappa shape index (κ1) is 12.9. The minimum Gasteiger partial charge on any atom is -0.474 e. The standard InChI is InChI=1S/C11H19N3O2/c1-3-8-9(7-12)11(16-6-5-15)14-13-10(8)4-2/h15H,3-7,12H2,1-2H3. The predicted octanol–water partition coefficient (Wildman–Crippen LogP) is 0.431. The molecule has 3 N–H and O–H groups in total. The number of aliphatic hydroxyl groups excluding tert-OH is 1. The zero-order valence-electron chi connectivity index (χ0n) is 9.86. The van der Waals surface area contributed by atoms with Gasteiger partial charge in [0.25, 0.3) is 0 Å². The Morgan fingerprint density at radius 3 is 2.44 bits per heavy atom. The Hall–Kier alpha value is -1.20. The fourth-order valence-corrected chi connectivity index (χ4v) is 1.70. The second-order valence-corrected chi connectivity index (χ2v) is 3.39. The normalized spacial score (nSPS) is 10.5. The molecule has 90 valence electrons. The molecule has 5 heteroatoms. The highest BCUT2D eigenvalue weighted by Crippen LogP contribution is 2.21. The monoisotopic (exact) mass is 225 g/mol. The van der Waals surface area contributed by atoms with Crippen molar-refractivity contribution in [3.63, 3.8) is 0 Å². The van der Waals surface area contributed by atoms with Gasteiger partial charge in [0, 0.05) is 12.1 Å². The van der Waals surface area contributed by atoms with Crippen molar-refractivity contribution in [1.82, 2.24) is 10.2 Å². The van der Waals surface area contributed by atoms with E-state index in [0.717, 1.165) is 29.7 Å². The summed E-state index contributed by atoms with van der Waals surface area (Å²) in [5, 5.41) is 16.8. The van der Waals surface area contributed by atoms with Crippen LogP contribution in [0.4, 0.5) is 0 Å². The highest BCUT2D eigenvalue weighted by Gasteiger charge is 2.13. The van der Waals surface area contributed by atoms with Crippen LogP contribution in [0.2, 0.25) is 0 Å². The lowest BCUT2D eigenvalue weighted by Crippen LogP contribution is -2.13. The summed E-state index contributed by atoms with van der Waals surface area (Å²) in [5.41, 5.74) is 8.71. The third-order valence-electron chi connectivity index (χ3n) is 2.45. The molecule has 0 atom stereocenters. The van der Waals surface area contributed by atoms with Crippen LogP contribution < -0.4 is 10.5 Å². The van der Waals surface area contributed by atoms with Crippen LogP contribution in [0.15, 0.2) is 0 Å². The van der Waals surface area contributed by atoms with E-state index in [9.17, 15) is 0 Å². The second kappa shape index (κ2) is 6.40. The summed E-state index contributed by atoms with van der Waals surface area (Å²) >= 11 is 0. The Morgan fingerprint density at radius 2 is 1.94 bits per heavy atom. The Labute approximate surface area is 95.6 Å². The van der Waals surface area contributed by atoms with Gasteiger partial charge in [0.1, 0.15) is 6.61 Å². The Morgan fingerprint density at radius 1 is 1.19 bits per heavy atom. The summed E-state index contributed by atoms with van der Waals surface area (Å²) in [5.74, 6) is 0.450. The van der Waals surface area contributed by atoms with Crippen molar-refractivity contribution in [3.05, 3.63) is 16.8 Å². The van der Waals surface area contributed by atoms with E-state index in [0.29, 0.717) is 12.4 Å². The van der Waals surface area contributed by atoms with Crippen molar-refractivity contribution in [2.75, 3.05) is 13.2 Å². The first-order valence-corrected chi connectivity index (χ1v) is 5.59. The van der Waals surface area contributed by atoms with Crippen LogP contribution in [-0.2, 0) is 19.4 Å². The van der Waals surface area contributed by atoms with Crippen LogP contribution in [0.3, 0.4) is 0 Å². The summed E-state index contributed by atoms with van der Waals surface area (Å²) in [6.07, 6.45) is 1.70. The van der Waals surface area contributed by atoms with Gasteiger partial charge in [0.15, 0.2) is 0 Å². The molecule has 0 radical (unpaired) electrons. The Kier molecular flexibility index (Phi) is 5.14. The lowest BCUT2D eigenvalue weighted by atomic mass is 10.0. The van der Waals surface area contributed by atoms with Gasteiger partial charge in [-0.2, -0.15) is 5.10 Å². The topological polar surface area (TPSA) is 81.3 Å². The van der Waals surface area contributed by atoms with Gasteiger partial charge >= 0.3 is 0 Å².